The Hall–Kier alpha value is -0.190. The first-order chi connectivity index (χ1) is 16.6. The zero-order valence-electron chi connectivity index (χ0n) is 22.6. The molecule has 0 aromatic rings. The third-order valence-electron chi connectivity index (χ3n) is 11.7. The van der Waals surface area contributed by atoms with Crippen LogP contribution in [0.2, 0.25) is 0 Å². The van der Waals surface area contributed by atoms with Gasteiger partial charge in [0.15, 0.2) is 0 Å². The van der Waals surface area contributed by atoms with Crippen molar-refractivity contribution in [2.45, 2.75) is 73.6 Å². The number of rotatable bonds is 6. The Morgan fingerprint density at radius 3 is 2.11 bits per heavy atom. The first-order valence-corrected chi connectivity index (χ1v) is 12.9. The molecular weight excluding hydrogens is 526 g/mol. The van der Waals surface area contributed by atoms with Gasteiger partial charge in [-0.05, 0) is 18.9 Å². The maximum Gasteiger partial charge on any atom is 0.120 e. The van der Waals surface area contributed by atoms with Crippen molar-refractivity contribution in [3.63, 3.8) is 0 Å². The predicted molar refractivity (Wildman–Crippen MR) is 136 cm³/mol. The average molecular weight is 572 g/mol. The first kappa shape index (κ1) is 32.3. The quantitative estimate of drug-likeness (QED) is 0.218. The fourth-order valence-corrected chi connectivity index (χ4v) is 11.0. The van der Waals surface area contributed by atoms with E-state index in [0.717, 1.165) is 0 Å². The fourth-order valence-electron chi connectivity index (χ4n) is 11.0. The molecule has 0 radical (unpaired) electrons. The predicted octanol–water partition coefficient (Wildman–Crippen LogP) is -3.01. The van der Waals surface area contributed by atoms with Crippen LogP contribution in [0.25, 0.3) is 0 Å². The summed E-state index contributed by atoms with van der Waals surface area (Å²) in [7, 11) is 6.29. The lowest BCUT2D eigenvalue weighted by Crippen LogP contribution is -2.81. The van der Waals surface area contributed by atoms with Gasteiger partial charge < -0.3 is 55.4 Å². The first-order valence-electron chi connectivity index (χ1n) is 12.9. The zero-order chi connectivity index (χ0) is 25.3. The van der Waals surface area contributed by atoms with Crippen LogP contribution in [0.4, 0.5) is 0 Å². The molecule has 5 aliphatic carbocycles. The zero-order valence-corrected chi connectivity index (χ0v) is 23.4. The maximum absolute atomic E-state index is 12.6. The van der Waals surface area contributed by atoms with Crippen molar-refractivity contribution in [2.75, 3.05) is 48.1 Å². The third kappa shape index (κ3) is 3.02. The topological polar surface area (TPSA) is 204 Å². The SMILES string of the molecule is CCN1C[C@]2(COC)[C@H](O)C[C@H](OC)[C@@]34[C@@H]5C[C@@]6(O)[C@H](O)[C@@H]5[C@@](O)([C@@H]([C@H](OC)[C@H]23)[C@@H]14)[C@@H](O)[C@@H]6OC.Cl.O.O. The molecule has 5 saturated carbocycles. The van der Waals surface area contributed by atoms with Crippen LogP contribution in [0.15, 0.2) is 0 Å². The van der Waals surface area contributed by atoms with E-state index in [-0.39, 0.29) is 41.7 Å². The van der Waals surface area contributed by atoms with E-state index >= 15 is 0 Å². The Morgan fingerprint density at radius 1 is 0.921 bits per heavy atom. The molecule has 12 nitrogen and oxygen atoms in total. The summed E-state index contributed by atoms with van der Waals surface area (Å²) >= 11 is 0. The van der Waals surface area contributed by atoms with Gasteiger partial charge in [0.25, 0.3) is 0 Å². The van der Waals surface area contributed by atoms with Gasteiger partial charge in [0, 0.05) is 76.0 Å². The van der Waals surface area contributed by atoms with Gasteiger partial charge in [0.05, 0.1) is 31.0 Å². The number of hydrogen-bond acceptors (Lipinski definition) is 10. The molecule has 15 atom stereocenters. The molecule has 0 amide bonds. The molecule has 0 unspecified atom stereocenters. The van der Waals surface area contributed by atoms with Crippen LogP contribution in [0.5, 0.6) is 0 Å². The summed E-state index contributed by atoms with van der Waals surface area (Å²) in [5, 5.41) is 59.3. The molecule has 0 aromatic carbocycles. The highest BCUT2D eigenvalue weighted by atomic mass is 35.5. The van der Waals surface area contributed by atoms with E-state index in [2.05, 4.69) is 11.8 Å². The lowest BCUT2D eigenvalue weighted by molar-refractivity contribution is -0.320. The van der Waals surface area contributed by atoms with Gasteiger partial charge in [-0.15, -0.1) is 12.4 Å². The van der Waals surface area contributed by atoms with E-state index in [0.29, 0.717) is 26.1 Å². The van der Waals surface area contributed by atoms with E-state index in [1.807, 2.05) is 0 Å². The minimum atomic E-state index is -1.76. The van der Waals surface area contributed by atoms with Crippen molar-refractivity contribution in [3.8, 4) is 0 Å². The molecule has 7 bridgehead atoms. The Balaban J connectivity index is 0.00000133. The molecule has 1 saturated heterocycles. The van der Waals surface area contributed by atoms with Crippen molar-refractivity contribution < 1.29 is 55.4 Å². The lowest BCUT2D eigenvalue weighted by Gasteiger charge is -2.70. The normalized spacial score (nSPS) is 57.5. The molecule has 0 aromatic heterocycles. The van der Waals surface area contributed by atoms with Gasteiger partial charge in [-0.2, -0.15) is 0 Å². The number of ether oxygens (including phenoxy) is 4. The van der Waals surface area contributed by atoms with E-state index < -0.39 is 76.4 Å². The molecule has 38 heavy (non-hydrogen) atoms. The lowest BCUT2D eigenvalue weighted by atomic mass is 9.42. The summed E-state index contributed by atoms with van der Waals surface area (Å²) < 4.78 is 23.7. The van der Waals surface area contributed by atoms with Gasteiger partial charge in [-0.3, -0.25) is 4.90 Å². The number of fused-ring (bicyclic) bond motifs is 2. The molecule has 6 fully saturated rings. The maximum atomic E-state index is 12.6. The van der Waals surface area contributed by atoms with Crippen LogP contribution in [0, 0.1) is 34.5 Å². The van der Waals surface area contributed by atoms with E-state index in [9.17, 15) is 25.5 Å². The molecule has 1 heterocycles. The Morgan fingerprint density at radius 2 is 1.58 bits per heavy atom. The highest BCUT2D eigenvalue weighted by Gasteiger charge is 2.90. The second-order valence-electron chi connectivity index (χ2n) is 12.1. The largest absolute Gasteiger partial charge is 0.412 e. The number of piperidine rings is 1. The van der Waals surface area contributed by atoms with Gasteiger partial charge >= 0.3 is 0 Å². The summed E-state index contributed by atoms with van der Waals surface area (Å²) in [6, 6.07) is -0.240. The highest BCUT2D eigenvalue weighted by molar-refractivity contribution is 5.85. The fraction of sp³-hybridized carbons (Fsp3) is 1.00. The molecular formula is C25H46ClNO11. The number of hydrogen-bond donors (Lipinski definition) is 5. The van der Waals surface area contributed by atoms with Crippen LogP contribution in [-0.4, -0.2) is 143 Å². The summed E-state index contributed by atoms with van der Waals surface area (Å²) in [6.45, 7) is 3.58. The monoisotopic (exact) mass is 571 g/mol. The van der Waals surface area contributed by atoms with Crippen molar-refractivity contribution in [1.82, 2.24) is 4.90 Å². The summed E-state index contributed by atoms with van der Waals surface area (Å²) in [5.41, 5.74) is -4.81. The van der Waals surface area contributed by atoms with Crippen molar-refractivity contribution in [1.29, 1.82) is 0 Å². The third-order valence-corrected chi connectivity index (χ3v) is 11.7. The van der Waals surface area contributed by atoms with Gasteiger partial charge in [-0.25, -0.2) is 0 Å². The molecule has 224 valence electrons. The Labute approximate surface area is 229 Å². The van der Waals surface area contributed by atoms with Gasteiger partial charge in [0.1, 0.15) is 23.4 Å². The van der Waals surface area contributed by atoms with Crippen LogP contribution in [0.1, 0.15) is 19.8 Å². The van der Waals surface area contributed by atoms with E-state index in [1.165, 1.54) is 7.11 Å². The van der Waals surface area contributed by atoms with Gasteiger partial charge in [0.2, 0.25) is 0 Å². The molecule has 6 rings (SSSR count). The van der Waals surface area contributed by atoms with Crippen LogP contribution >= 0.6 is 12.4 Å². The van der Waals surface area contributed by atoms with E-state index in [1.54, 1.807) is 21.3 Å². The smallest absolute Gasteiger partial charge is 0.120 e. The second-order valence-corrected chi connectivity index (χ2v) is 12.1. The second kappa shape index (κ2) is 9.97. The molecule has 6 aliphatic rings. The number of methoxy groups -OCH3 is 4. The molecule has 9 N–H and O–H groups in total. The van der Waals surface area contributed by atoms with Gasteiger partial charge in [-0.1, -0.05) is 6.92 Å². The van der Waals surface area contributed by atoms with Crippen LogP contribution < -0.4 is 0 Å². The minimum absolute atomic E-state index is 0. The number of likely N-dealkylation sites (tertiary alicyclic amines) is 1. The number of halogens is 1. The summed E-state index contributed by atoms with van der Waals surface area (Å²) in [5.74, 6) is -2.04. The highest BCUT2D eigenvalue weighted by Crippen LogP contribution is 2.79. The summed E-state index contributed by atoms with van der Waals surface area (Å²) in [6.07, 6.45) is -4.95. The van der Waals surface area contributed by atoms with Crippen molar-refractivity contribution in [3.05, 3.63) is 0 Å². The number of aliphatic hydroxyl groups excluding tert-OH is 3. The van der Waals surface area contributed by atoms with E-state index in [4.69, 9.17) is 18.9 Å². The van der Waals surface area contributed by atoms with Crippen molar-refractivity contribution in [2.24, 2.45) is 34.5 Å². The molecule has 1 spiro atoms. The van der Waals surface area contributed by atoms with Crippen LogP contribution in [0.3, 0.4) is 0 Å². The summed E-state index contributed by atoms with van der Waals surface area (Å²) in [4.78, 5) is 2.29. The Kier molecular flexibility index (Phi) is 8.48. The minimum Gasteiger partial charge on any atom is -0.412 e. The standard InChI is InChI=1S/C25H41NO9.ClH.2H2O/c1-6-26-9-22(10-32-2)12(27)7-13(33-3)24-11-8-23(30)19(28)14(11)25(31,20(29)21(23)35-5)15(18(24)26)16(34-4)17(22)24;;;/h11-21,27-31H,6-10H2,1-5H3;1H;2*1H2/t11-,12-,13+,14-,15+,16+,17-,18-,19-,20+,21+,22+,23-,24+,25-;;;/m1.../s1. The Bertz CT molecular complexity index is 888. The molecule has 13 heteroatoms. The van der Waals surface area contributed by atoms with Crippen molar-refractivity contribution >= 4 is 12.4 Å². The number of aliphatic hydroxyl groups is 5. The van der Waals surface area contributed by atoms with Crippen LogP contribution in [-0.2, 0) is 18.9 Å². The average Bonchev–Trinajstić information content (AvgIpc) is 3.19. The molecule has 1 aliphatic heterocycles. The number of nitrogens with zero attached hydrogens (tertiary/aromatic N) is 1.